The van der Waals surface area contributed by atoms with Crippen LogP contribution in [0.5, 0.6) is 11.5 Å². The molecule has 0 atom stereocenters. The number of carbonyl (C=O) groups excluding carboxylic acids is 1. The molecule has 1 heterocycles. The van der Waals surface area contributed by atoms with Crippen molar-refractivity contribution in [1.82, 2.24) is 4.57 Å². The zero-order valence-electron chi connectivity index (χ0n) is 19.4. The molecule has 0 saturated heterocycles. The topological polar surface area (TPSA) is 66.5 Å². The van der Waals surface area contributed by atoms with E-state index >= 15 is 0 Å². The smallest absolute Gasteiger partial charge is 0.249 e. The Bertz CT molecular complexity index is 1530. The van der Waals surface area contributed by atoms with Crippen LogP contribution in [0.15, 0.2) is 72.8 Å². The Morgan fingerprint density at radius 2 is 1.74 bits per heavy atom. The number of hydrogen-bond acceptors (Lipinski definition) is 3. The Labute approximate surface area is 198 Å². The quantitative estimate of drug-likeness (QED) is 0.360. The highest BCUT2D eigenvalue weighted by molar-refractivity contribution is 6.18. The highest BCUT2D eigenvalue weighted by Crippen LogP contribution is 2.35. The van der Waals surface area contributed by atoms with Crippen molar-refractivity contribution in [2.45, 2.75) is 13.5 Å². The van der Waals surface area contributed by atoms with E-state index in [9.17, 15) is 4.79 Å². The third kappa shape index (κ3) is 3.65. The van der Waals surface area contributed by atoms with Gasteiger partial charge in [0.05, 0.1) is 25.3 Å². The lowest BCUT2D eigenvalue weighted by Crippen LogP contribution is -2.11. The fourth-order valence-electron chi connectivity index (χ4n) is 4.60. The van der Waals surface area contributed by atoms with E-state index in [4.69, 9.17) is 15.2 Å². The van der Waals surface area contributed by atoms with Crippen LogP contribution in [0.4, 0.5) is 0 Å². The number of nitrogens with two attached hydrogens (primary N) is 1. The van der Waals surface area contributed by atoms with E-state index in [1.54, 1.807) is 20.3 Å². The van der Waals surface area contributed by atoms with E-state index in [0.717, 1.165) is 55.6 Å². The summed E-state index contributed by atoms with van der Waals surface area (Å²) < 4.78 is 12.9. The summed E-state index contributed by atoms with van der Waals surface area (Å²) in [5.41, 5.74) is 12.5. The van der Waals surface area contributed by atoms with Gasteiger partial charge in [0.2, 0.25) is 5.91 Å². The van der Waals surface area contributed by atoms with Crippen molar-refractivity contribution in [3.05, 3.63) is 95.6 Å². The van der Waals surface area contributed by atoms with Gasteiger partial charge in [-0.05, 0) is 77.7 Å². The third-order valence-corrected chi connectivity index (χ3v) is 6.28. The van der Waals surface area contributed by atoms with Gasteiger partial charge in [0, 0.05) is 22.9 Å². The summed E-state index contributed by atoms with van der Waals surface area (Å²) in [6.07, 6.45) is 0. The van der Waals surface area contributed by atoms with Crippen LogP contribution in [0.1, 0.15) is 21.5 Å². The zero-order chi connectivity index (χ0) is 23.8. The highest BCUT2D eigenvalue weighted by Gasteiger charge is 2.18. The molecule has 0 fully saturated rings. The minimum absolute atomic E-state index is 0.447. The normalized spacial score (nSPS) is 11.1. The molecule has 0 spiro atoms. The van der Waals surface area contributed by atoms with Crippen molar-refractivity contribution in [3.8, 4) is 22.6 Å². The maximum atomic E-state index is 12.3. The van der Waals surface area contributed by atoms with E-state index in [1.165, 1.54) is 0 Å². The molecule has 0 bridgehead atoms. The van der Waals surface area contributed by atoms with Crippen LogP contribution in [-0.2, 0) is 6.54 Å². The maximum Gasteiger partial charge on any atom is 0.249 e. The molecule has 5 nitrogen and oxygen atoms in total. The lowest BCUT2D eigenvalue weighted by atomic mass is 10.0. The second-order valence-corrected chi connectivity index (χ2v) is 8.33. The molecule has 5 aromatic rings. The largest absolute Gasteiger partial charge is 0.497 e. The summed E-state index contributed by atoms with van der Waals surface area (Å²) in [7, 11) is 3.33. The molecular weight excluding hydrogens is 424 g/mol. The standard InChI is InChI=1S/C29H25N2O3/c1-18-15-19(7-14-27(18)34-3)17-31-25-6-4-5-24(29(30)32)28(25)23-13-10-21(16-26(23)31)20-8-11-22(33-2)12-9-20/h4-12,14-16H,17H2,1-3H3,(H2,30,32). The summed E-state index contributed by atoms with van der Waals surface area (Å²) in [5, 5.41) is 1.71. The van der Waals surface area contributed by atoms with Gasteiger partial charge in [-0.15, -0.1) is 0 Å². The first kappa shape index (κ1) is 21.6. The van der Waals surface area contributed by atoms with Crippen molar-refractivity contribution in [3.63, 3.8) is 0 Å². The first-order chi connectivity index (χ1) is 16.5. The average molecular weight is 450 g/mol. The molecule has 34 heavy (non-hydrogen) atoms. The second kappa shape index (κ2) is 8.60. The molecule has 0 aliphatic heterocycles. The predicted molar refractivity (Wildman–Crippen MR) is 136 cm³/mol. The summed E-state index contributed by atoms with van der Waals surface area (Å²) in [6.45, 7) is 2.67. The molecular formula is C29H25N2O3. The van der Waals surface area contributed by atoms with Crippen molar-refractivity contribution in [2.24, 2.45) is 5.73 Å². The Kier molecular flexibility index (Phi) is 5.46. The van der Waals surface area contributed by atoms with Gasteiger partial charge in [-0.1, -0.05) is 30.3 Å². The molecule has 1 radical (unpaired) electrons. The number of hydrogen-bond donors (Lipinski definition) is 1. The lowest BCUT2D eigenvalue weighted by Gasteiger charge is -2.11. The number of aromatic nitrogens is 1. The number of primary amides is 1. The van der Waals surface area contributed by atoms with Gasteiger partial charge in [-0.25, -0.2) is 0 Å². The van der Waals surface area contributed by atoms with Crippen LogP contribution < -0.4 is 15.2 Å². The number of nitrogens with zero attached hydrogens (tertiary/aromatic N) is 1. The predicted octanol–water partition coefficient (Wildman–Crippen LogP) is 5.73. The van der Waals surface area contributed by atoms with E-state index in [-0.39, 0.29) is 0 Å². The van der Waals surface area contributed by atoms with Crippen molar-refractivity contribution < 1.29 is 14.3 Å². The van der Waals surface area contributed by atoms with Gasteiger partial charge in [0.15, 0.2) is 0 Å². The molecule has 1 aromatic heterocycles. The van der Waals surface area contributed by atoms with Crippen LogP contribution in [0.25, 0.3) is 32.9 Å². The van der Waals surface area contributed by atoms with Gasteiger partial charge in [0.25, 0.3) is 0 Å². The summed E-state index contributed by atoms with van der Waals surface area (Å²) >= 11 is 0. The van der Waals surface area contributed by atoms with E-state index in [0.29, 0.717) is 12.1 Å². The Morgan fingerprint density at radius 1 is 0.941 bits per heavy atom. The fourth-order valence-corrected chi connectivity index (χ4v) is 4.60. The number of fused-ring (bicyclic) bond motifs is 3. The minimum Gasteiger partial charge on any atom is -0.497 e. The molecule has 5 heteroatoms. The molecule has 1 amide bonds. The number of methoxy groups -OCH3 is 2. The third-order valence-electron chi connectivity index (χ3n) is 6.28. The monoisotopic (exact) mass is 449 g/mol. The van der Waals surface area contributed by atoms with Gasteiger partial charge in [-0.3, -0.25) is 4.79 Å². The molecule has 4 aromatic carbocycles. The van der Waals surface area contributed by atoms with Gasteiger partial charge in [0.1, 0.15) is 11.5 Å². The Morgan fingerprint density at radius 3 is 2.41 bits per heavy atom. The fraction of sp³-hybridized carbons (Fsp3) is 0.138. The molecule has 0 saturated carbocycles. The number of ether oxygens (including phenoxy) is 2. The molecule has 2 N–H and O–H groups in total. The summed E-state index contributed by atoms with van der Waals surface area (Å²) in [6, 6.07) is 27.4. The van der Waals surface area contributed by atoms with E-state index in [2.05, 4.69) is 28.8 Å². The van der Waals surface area contributed by atoms with Crippen LogP contribution in [0.3, 0.4) is 0 Å². The second-order valence-electron chi connectivity index (χ2n) is 8.33. The van der Waals surface area contributed by atoms with Crippen LogP contribution >= 0.6 is 0 Å². The zero-order valence-corrected chi connectivity index (χ0v) is 19.4. The number of carbonyl (C=O) groups is 1. The Hall–Kier alpha value is -4.25. The van der Waals surface area contributed by atoms with Crippen LogP contribution in [0, 0.1) is 13.0 Å². The van der Waals surface area contributed by atoms with Gasteiger partial charge >= 0.3 is 0 Å². The number of aryl methyl sites for hydroxylation is 1. The number of rotatable bonds is 6. The molecule has 0 aliphatic carbocycles. The highest BCUT2D eigenvalue weighted by atomic mass is 16.5. The SMILES string of the molecule is COc1ccc(-c2c[c]c3c4c(C(N)=O)cccc4n(Cc4ccc(OC)c(C)c4)c3c2)cc1. The van der Waals surface area contributed by atoms with E-state index in [1.807, 2.05) is 55.5 Å². The van der Waals surface area contributed by atoms with Gasteiger partial charge < -0.3 is 19.8 Å². The number of amides is 1. The minimum atomic E-state index is -0.447. The molecule has 169 valence electrons. The first-order valence-electron chi connectivity index (χ1n) is 11.0. The van der Waals surface area contributed by atoms with Crippen molar-refractivity contribution in [2.75, 3.05) is 14.2 Å². The maximum absolute atomic E-state index is 12.3. The summed E-state index contributed by atoms with van der Waals surface area (Å²) in [4.78, 5) is 12.3. The van der Waals surface area contributed by atoms with Crippen molar-refractivity contribution >= 4 is 27.7 Å². The molecule has 0 unspecified atom stereocenters. The van der Waals surface area contributed by atoms with Crippen LogP contribution in [-0.4, -0.2) is 24.7 Å². The van der Waals surface area contributed by atoms with E-state index < -0.39 is 5.91 Å². The lowest BCUT2D eigenvalue weighted by molar-refractivity contribution is 0.100. The molecule has 5 rings (SSSR count). The average Bonchev–Trinajstić information content (AvgIpc) is 3.17. The van der Waals surface area contributed by atoms with Crippen LogP contribution in [0.2, 0.25) is 0 Å². The van der Waals surface area contributed by atoms with Gasteiger partial charge in [-0.2, -0.15) is 0 Å². The first-order valence-corrected chi connectivity index (χ1v) is 11.0. The number of benzene rings is 4. The Balaban J connectivity index is 1.73. The summed E-state index contributed by atoms with van der Waals surface area (Å²) in [5.74, 6) is 1.22. The molecule has 0 aliphatic rings. The van der Waals surface area contributed by atoms with Crippen molar-refractivity contribution in [1.29, 1.82) is 0 Å².